The SMILES string of the molecule is CC1=C(/C=C/C(C)=C/C=C\C(C)=C\CO[Si](c2ccccc2)(c2ccccc2)C(C)(C)C)C(C)(C)CCC1. The van der Waals surface area contributed by atoms with Gasteiger partial charge in [0.25, 0.3) is 8.32 Å². The Hall–Kier alpha value is -2.68. The average molecular weight is 525 g/mol. The molecule has 0 unspecified atom stereocenters. The second kappa shape index (κ2) is 12.9. The van der Waals surface area contributed by atoms with Crippen molar-refractivity contribution in [1.82, 2.24) is 0 Å². The fraction of sp³-hybridized carbons (Fsp3) is 0.389. The first-order valence-corrected chi connectivity index (χ1v) is 16.0. The van der Waals surface area contributed by atoms with Gasteiger partial charge in [-0.2, -0.15) is 0 Å². The van der Waals surface area contributed by atoms with Crippen molar-refractivity contribution in [1.29, 1.82) is 0 Å². The summed E-state index contributed by atoms with van der Waals surface area (Å²) in [7, 11) is -2.50. The van der Waals surface area contributed by atoms with Crippen LogP contribution in [0, 0.1) is 5.41 Å². The van der Waals surface area contributed by atoms with Crippen LogP contribution in [0.3, 0.4) is 0 Å². The van der Waals surface area contributed by atoms with Gasteiger partial charge in [0.1, 0.15) is 0 Å². The summed E-state index contributed by atoms with van der Waals surface area (Å²) < 4.78 is 7.00. The van der Waals surface area contributed by atoms with Gasteiger partial charge in [-0.1, -0.05) is 148 Å². The van der Waals surface area contributed by atoms with Crippen LogP contribution in [0.2, 0.25) is 5.04 Å². The van der Waals surface area contributed by atoms with Crippen LogP contribution in [0.15, 0.2) is 119 Å². The van der Waals surface area contributed by atoms with E-state index in [1.54, 1.807) is 5.57 Å². The van der Waals surface area contributed by atoms with Gasteiger partial charge in [-0.3, -0.25) is 0 Å². The zero-order valence-electron chi connectivity index (χ0n) is 25.0. The third-order valence-corrected chi connectivity index (χ3v) is 12.9. The molecule has 202 valence electrons. The van der Waals surface area contributed by atoms with Crippen LogP contribution in [0.5, 0.6) is 0 Å². The highest BCUT2D eigenvalue weighted by molar-refractivity contribution is 6.99. The van der Waals surface area contributed by atoms with Crippen LogP contribution in [-0.4, -0.2) is 14.9 Å². The molecule has 0 saturated carbocycles. The molecule has 0 amide bonds. The van der Waals surface area contributed by atoms with Crippen LogP contribution in [0.25, 0.3) is 0 Å². The summed E-state index contributed by atoms with van der Waals surface area (Å²) in [5, 5.41) is 2.62. The molecule has 0 fully saturated rings. The summed E-state index contributed by atoms with van der Waals surface area (Å²) in [5.74, 6) is 0. The second-order valence-corrected chi connectivity index (χ2v) is 16.8. The molecule has 3 rings (SSSR count). The zero-order chi connectivity index (χ0) is 27.8. The van der Waals surface area contributed by atoms with E-state index in [4.69, 9.17) is 4.43 Å². The molecule has 1 aliphatic carbocycles. The van der Waals surface area contributed by atoms with Gasteiger partial charge in [-0.25, -0.2) is 0 Å². The summed E-state index contributed by atoms with van der Waals surface area (Å²) in [4.78, 5) is 0. The Balaban J connectivity index is 1.76. The van der Waals surface area contributed by atoms with Gasteiger partial charge in [0.05, 0.1) is 6.61 Å². The summed E-state index contributed by atoms with van der Waals surface area (Å²) in [6, 6.07) is 21.7. The van der Waals surface area contributed by atoms with Crippen LogP contribution in [0.1, 0.15) is 74.7 Å². The van der Waals surface area contributed by atoms with Crippen molar-refractivity contribution in [2.24, 2.45) is 5.41 Å². The van der Waals surface area contributed by atoms with Crippen molar-refractivity contribution in [2.45, 2.75) is 79.7 Å². The standard InChI is InChI=1S/C36H48OSi/c1-29(24-25-34-31(3)19-16-27-36(34,7)8)17-15-18-30(2)26-28-37-38(35(4,5)6,32-20-11-9-12-21-32)33-22-13-10-14-23-33/h9-15,17-18,20-26H,16,19,27-28H2,1-8H3/b18-15-,25-24+,29-17+,30-26+. The van der Waals surface area contributed by atoms with E-state index in [0.717, 1.165) is 0 Å². The lowest BCUT2D eigenvalue weighted by Gasteiger charge is -2.42. The van der Waals surface area contributed by atoms with E-state index in [2.05, 4.69) is 153 Å². The second-order valence-electron chi connectivity index (χ2n) is 12.5. The zero-order valence-corrected chi connectivity index (χ0v) is 26.0. The first kappa shape index (κ1) is 29.9. The molecule has 0 atom stereocenters. The third kappa shape index (κ3) is 7.24. The topological polar surface area (TPSA) is 9.23 Å². The van der Waals surface area contributed by atoms with E-state index in [1.807, 2.05) is 0 Å². The van der Waals surface area contributed by atoms with Gasteiger partial charge in [-0.05, 0) is 66.4 Å². The molecule has 0 aromatic heterocycles. The van der Waals surface area contributed by atoms with E-state index >= 15 is 0 Å². The Kier molecular flexibility index (Phi) is 10.1. The van der Waals surface area contributed by atoms with E-state index in [0.29, 0.717) is 6.61 Å². The average Bonchev–Trinajstić information content (AvgIpc) is 2.86. The quantitative estimate of drug-likeness (QED) is 0.235. The van der Waals surface area contributed by atoms with E-state index in [1.165, 1.54) is 46.4 Å². The molecule has 0 aliphatic heterocycles. The Labute approximate surface area is 233 Å². The highest BCUT2D eigenvalue weighted by Crippen LogP contribution is 2.41. The van der Waals surface area contributed by atoms with Gasteiger partial charge in [0.2, 0.25) is 0 Å². The van der Waals surface area contributed by atoms with Gasteiger partial charge in [0, 0.05) is 0 Å². The monoisotopic (exact) mass is 524 g/mol. The van der Waals surface area contributed by atoms with Crippen LogP contribution >= 0.6 is 0 Å². The minimum Gasteiger partial charge on any atom is -0.404 e. The fourth-order valence-electron chi connectivity index (χ4n) is 5.76. The number of benzene rings is 2. The maximum Gasteiger partial charge on any atom is 0.261 e. The maximum atomic E-state index is 7.00. The third-order valence-electron chi connectivity index (χ3n) is 7.90. The molecule has 0 heterocycles. The molecule has 1 aliphatic rings. The summed E-state index contributed by atoms with van der Waals surface area (Å²) in [6.45, 7) is 18.9. The number of hydrogen-bond donors (Lipinski definition) is 0. The predicted molar refractivity (Wildman–Crippen MR) is 170 cm³/mol. The summed E-state index contributed by atoms with van der Waals surface area (Å²) in [5.41, 5.74) is 5.80. The molecule has 0 spiro atoms. The lowest BCUT2D eigenvalue weighted by Crippen LogP contribution is -2.66. The maximum absolute atomic E-state index is 7.00. The molecule has 0 saturated heterocycles. The van der Waals surface area contributed by atoms with Crippen molar-refractivity contribution < 1.29 is 4.43 Å². The molecule has 0 bridgehead atoms. The fourth-order valence-corrected chi connectivity index (χ4v) is 10.2. The number of hydrogen-bond acceptors (Lipinski definition) is 1. The highest BCUT2D eigenvalue weighted by atomic mass is 28.4. The lowest BCUT2D eigenvalue weighted by atomic mass is 9.72. The van der Waals surface area contributed by atoms with Crippen LogP contribution in [0.4, 0.5) is 0 Å². The largest absolute Gasteiger partial charge is 0.404 e. The van der Waals surface area contributed by atoms with Crippen LogP contribution < -0.4 is 10.4 Å². The minimum absolute atomic E-state index is 0.0137. The molecular weight excluding hydrogens is 476 g/mol. The van der Waals surface area contributed by atoms with Crippen LogP contribution in [-0.2, 0) is 4.43 Å². The van der Waals surface area contributed by atoms with Crippen molar-refractivity contribution >= 4 is 18.7 Å². The molecule has 1 nitrogen and oxygen atoms in total. The molecule has 2 aromatic rings. The van der Waals surface area contributed by atoms with Gasteiger partial charge in [0.15, 0.2) is 0 Å². The van der Waals surface area contributed by atoms with E-state index in [-0.39, 0.29) is 10.5 Å². The van der Waals surface area contributed by atoms with Gasteiger partial charge in [-0.15, -0.1) is 0 Å². The Morgan fingerprint density at radius 3 is 2.00 bits per heavy atom. The number of allylic oxidation sites excluding steroid dienone is 9. The van der Waals surface area contributed by atoms with Gasteiger partial charge >= 0.3 is 0 Å². The normalized spacial score (nSPS) is 17.6. The molecule has 38 heavy (non-hydrogen) atoms. The molecular formula is C36H48OSi. The van der Waals surface area contributed by atoms with E-state index < -0.39 is 8.32 Å². The van der Waals surface area contributed by atoms with Gasteiger partial charge < -0.3 is 4.43 Å². The first-order valence-electron chi connectivity index (χ1n) is 14.1. The van der Waals surface area contributed by atoms with Crippen molar-refractivity contribution in [3.05, 3.63) is 119 Å². The van der Waals surface area contributed by atoms with Crippen molar-refractivity contribution in [2.75, 3.05) is 6.61 Å². The highest BCUT2D eigenvalue weighted by Gasteiger charge is 2.49. The van der Waals surface area contributed by atoms with Crippen molar-refractivity contribution in [3.63, 3.8) is 0 Å². The molecule has 2 heteroatoms. The predicted octanol–water partition coefficient (Wildman–Crippen LogP) is 9.09. The first-order chi connectivity index (χ1) is 18.0. The smallest absolute Gasteiger partial charge is 0.261 e. The molecule has 2 aromatic carbocycles. The van der Waals surface area contributed by atoms with E-state index in [9.17, 15) is 0 Å². The summed E-state index contributed by atoms with van der Waals surface area (Å²) in [6.07, 6.45) is 17.2. The number of rotatable bonds is 9. The minimum atomic E-state index is -2.50. The Morgan fingerprint density at radius 1 is 0.895 bits per heavy atom. The summed E-state index contributed by atoms with van der Waals surface area (Å²) >= 11 is 0. The van der Waals surface area contributed by atoms with Crippen molar-refractivity contribution in [3.8, 4) is 0 Å². The Bertz CT molecular complexity index is 1160. The Morgan fingerprint density at radius 2 is 1.47 bits per heavy atom. The molecule has 0 N–H and O–H groups in total. The molecule has 0 radical (unpaired) electrons. The lowest BCUT2D eigenvalue weighted by molar-refractivity contribution is 0.339.